The van der Waals surface area contributed by atoms with Crippen molar-refractivity contribution >= 4 is 5.91 Å². The molecule has 19 heavy (non-hydrogen) atoms. The first-order valence-corrected chi connectivity index (χ1v) is 6.90. The van der Waals surface area contributed by atoms with Crippen LogP contribution in [0.3, 0.4) is 0 Å². The van der Waals surface area contributed by atoms with E-state index >= 15 is 0 Å². The van der Waals surface area contributed by atoms with Gasteiger partial charge in [0.1, 0.15) is 11.8 Å². The highest BCUT2D eigenvalue weighted by atomic mass is 16.1. The van der Waals surface area contributed by atoms with Crippen LogP contribution in [-0.2, 0) is 0 Å². The highest BCUT2D eigenvalue weighted by molar-refractivity contribution is 5.92. The minimum atomic E-state index is -0.135. The molecule has 0 atom stereocenters. The zero-order valence-corrected chi connectivity index (χ0v) is 11.2. The van der Waals surface area contributed by atoms with Crippen molar-refractivity contribution in [2.75, 3.05) is 0 Å². The maximum atomic E-state index is 12.0. The van der Waals surface area contributed by atoms with Gasteiger partial charge in [-0.3, -0.25) is 4.79 Å². The lowest BCUT2D eigenvalue weighted by atomic mass is 9.84. The highest BCUT2D eigenvalue weighted by Gasteiger charge is 2.21. The topological polar surface area (TPSA) is 65.8 Å². The summed E-state index contributed by atoms with van der Waals surface area (Å²) < 4.78 is 0. The number of carbonyl (C=O) groups excluding carboxylic acids is 1. The summed E-state index contributed by atoms with van der Waals surface area (Å²) in [7, 11) is 0. The fourth-order valence-electron chi connectivity index (χ4n) is 2.57. The summed E-state index contributed by atoms with van der Waals surface area (Å²) in [6.45, 7) is 2.23. The summed E-state index contributed by atoms with van der Waals surface area (Å²) in [5.74, 6) is 0.686. The van der Waals surface area contributed by atoms with Gasteiger partial charge in [0.25, 0.3) is 5.91 Å². The van der Waals surface area contributed by atoms with Gasteiger partial charge in [0, 0.05) is 12.2 Å². The van der Waals surface area contributed by atoms with Gasteiger partial charge < -0.3 is 5.32 Å². The molecule has 0 bridgehead atoms. The summed E-state index contributed by atoms with van der Waals surface area (Å²) in [6.07, 6.45) is 7.17. The molecule has 1 aromatic heterocycles. The Hall–Kier alpha value is -1.89. The van der Waals surface area contributed by atoms with Crippen molar-refractivity contribution in [2.24, 2.45) is 5.92 Å². The first-order valence-electron chi connectivity index (χ1n) is 6.90. The second-order valence-electron chi connectivity index (χ2n) is 5.14. The van der Waals surface area contributed by atoms with Gasteiger partial charge in [-0.2, -0.15) is 5.26 Å². The molecule has 1 aliphatic rings. The Morgan fingerprint density at radius 3 is 2.68 bits per heavy atom. The van der Waals surface area contributed by atoms with Crippen LogP contribution in [0, 0.1) is 17.2 Å². The van der Waals surface area contributed by atoms with Crippen molar-refractivity contribution in [3.63, 3.8) is 0 Å². The molecule has 4 heteroatoms. The maximum Gasteiger partial charge on any atom is 0.270 e. The smallest absolute Gasteiger partial charge is 0.270 e. The number of carbonyl (C=O) groups is 1. The Labute approximate surface area is 113 Å². The number of aromatic nitrogens is 1. The van der Waals surface area contributed by atoms with Crippen LogP contribution in [0.1, 0.15) is 55.1 Å². The molecule has 0 saturated heterocycles. The van der Waals surface area contributed by atoms with Crippen LogP contribution >= 0.6 is 0 Å². The minimum absolute atomic E-state index is 0.135. The average Bonchev–Trinajstić information content (AvgIpc) is 2.48. The fourth-order valence-corrected chi connectivity index (χ4v) is 2.57. The summed E-state index contributed by atoms with van der Waals surface area (Å²) in [5.41, 5.74) is 0.858. The standard InChI is InChI=1S/C15H19N3O/c1-2-11-3-6-13(7-4-11)18-15(19)14-8-5-12(9-16)10-17-14/h5,8,10-11,13H,2-4,6-7H2,1H3,(H,18,19). The van der Waals surface area contributed by atoms with Gasteiger partial charge in [-0.15, -0.1) is 0 Å². The molecule has 1 heterocycles. The molecule has 1 aromatic rings. The van der Waals surface area contributed by atoms with E-state index in [-0.39, 0.29) is 11.9 Å². The summed E-state index contributed by atoms with van der Waals surface area (Å²) in [5, 5.41) is 11.7. The number of hydrogen-bond donors (Lipinski definition) is 1. The molecule has 1 saturated carbocycles. The average molecular weight is 257 g/mol. The van der Waals surface area contributed by atoms with Crippen LogP contribution in [-0.4, -0.2) is 16.9 Å². The largest absolute Gasteiger partial charge is 0.348 e. The number of nitrogens with one attached hydrogen (secondary N) is 1. The van der Waals surface area contributed by atoms with E-state index < -0.39 is 0 Å². The van der Waals surface area contributed by atoms with Crippen molar-refractivity contribution in [2.45, 2.75) is 45.1 Å². The van der Waals surface area contributed by atoms with Gasteiger partial charge in [-0.1, -0.05) is 13.3 Å². The molecule has 0 radical (unpaired) electrons. The quantitative estimate of drug-likeness (QED) is 0.905. The predicted octanol–water partition coefficient (Wildman–Crippen LogP) is 2.65. The second-order valence-corrected chi connectivity index (χ2v) is 5.14. The SMILES string of the molecule is CCC1CCC(NC(=O)c2ccc(C#N)cn2)CC1. The van der Waals surface area contributed by atoms with E-state index in [1.54, 1.807) is 12.1 Å². The third-order valence-electron chi connectivity index (χ3n) is 3.88. The van der Waals surface area contributed by atoms with Gasteiger partial charge in [0.05, 0.1) is 5.56 Å². The van der Waals surface area contributed by atoms with E-state index in [0.717, 1.165) is 18.8 Å². The van der Waals surface area contributed by atoms with E-state index in [4.69, 9.17) is 5.26 Å². The minimum Gasteiger partial charge on any atom is -0.348 e. The molecule has 2 rings (SSSR count). The van der Waals surface area contributed by atoms with E-state index in [0.29, 0.717) is 11.3 Å². The molecule has 100 valence electrons. The first-order chi connectivity index (χ1) is 9.22. The maximum absolute atomic E-state index is 12.0. The molecule has 4 nitrogen and oxygen atoms in total. The van der Waals surface area contributed by atoms with E-state index in [2.05, 4.69) is 17.2 Å². The lowest BCUT2D eigenvalue weighted by Crippen LogP contribution is -2.37. The number of pyridine rings is 1. The van der Waals surface area contributed by atoms with E-state index in [1.807, 2.05) is 6.07 Å². The Morgan fingerprint density at radius 2 is 2.16 bits per heavy atom. The summed E-state index contributed by atoms with van der Waals surface area (Å²) >= 11 is 0. The molecule has 1 aliphatic carbocycles. The fraction of sp³-hybridized carbons (Fsp3) is 0.533. The summed E-state index contributed by atoms with van der Waals surface area (Å²) in [6, 6.07) is 5.49. The van der Waals surface area contributed by atoms with Crippen LogP contribution < -0.4 is 5.32 Å². The number of rotatable bonds is 3. The van der Waals surface area contributed by atoms with Crippen LogP contribution in [0.15, 0.2) is 18.3 Å². The molecule has 0 aliphatic heterocycles. The van der Waals surface area contributed by atoms with Gasteiger partial charge in [-0.05, 0) is 43.7 Å². The van der Waals surface area contributed by atoms with Gasteiger partial charge in [0.2, 0.25) is 0 Å². The summed E-state index contributed by atoms with van der Waals surface area (Å²) in [4.78, 5) is 16.0. The van der Waals surface area contributed by atoms with E-state index in [9.17, 15) is 4.79 Å². The number of nitriles is 1. The zero-order valence-electron chi connectivity index (χ0n) is 11.2. The number of amides is 1. The predicted molar refractivity (Wildman–Crippen MR) is 72.5 cm³/mol. The van der Waals surface area contributed by atoms with Crippen molar-refractivity contribution in [1.82, 2.24) is 10.3 Å². The van der Waals surface area contributed by atoms with Gasteiger partial charge in [0.15, 0.2) is 0 Å². The van der Waals surface area contributed by atoms with Crippen LogP contribution in [0.5, 0.6) is 0 Å². The molecule has 1 amide bonds. The molecule has 1 fully saturated rings. The molecule has 1 N–H and O–H groups in total. The van der Waals surface area contributed by atoms with Crippen molar-refractivity contribution < 1.29 is 4.79 Å². The monoisotopic (exact) mass is 257 g/mol. The Balaban J connectivity index is 1.89. The first kappa shape index (κ1) is 13.5. The highest BCUT2D eigenvalue weighted by Crippen LogP contribution is 2.26. The van der Waals surface area contributed by atoms with Crippen molar-refractivity contribution in [3.8, 4) is 6.07 Å². The zero-order chi connectivity index (χ0) is 13.7. The molecule has 0 aromatic carbocycles. The lowest BCUT2D eigenvalue weighted by molar-refractivity contribution is 0.0916. The third kappa shape index (κ3) is 3.54. The van der Waals surface area contributed by atoms with Crippen molar-refractivity contribution in [3.05, 3.63) is 29.6 Å². The molecule has 0 unspecified atom stereocenters. The van der Waals surface area contributed by atoms with Crippen LogP contribution in [0.2, 0.25) is 0 Å². The van der Waals surface area contributed by atoms with Gasteiger partial charge >= 0.3 is 0 Å². The number of hydrogen-bond acceptors (Lipinski definition) is 3. The Morgan fingerprint density at radius 1 is 1.42 bits per heavy atom. The van der Waals surface area contributed by atoms with Crippen LogP contribution in [0.4, 0.5) is 0 Å². The van der Waals surface area contributed by atoms with Gasteiger partial charge in [-0.25, -0.2) is 4.98 Å². The van der Waals surface area contributed by atoms with Crippen molar-refractivity contribution in [1.29, 1.82) is 5.26 Å². The number of nitrogens with zero attached hydrogens (tertiary/aromatic N) is 2. The van der Waals surface area contributed by atoms with Crippen LogP contribution in [0.25, 0.3) is 0 Å². The Bertz CT molecular complexity index is 467. The third-order valence-corrected chi connectivity index (χ3v) is 3.88. The molecular formula is C15H19N3O. The lowest BCUT2D eigenvalue weighted by Gasteiger charge is -2.28. The Kier molecular flexibility index (Phi) is 4.51. The molecular weight excluding hydrogens is 238 g/mol. The van der Waals surface area contributed by atoms with E-state index in [1.165, 1.54) is 25.5 Å². The second kappa shape index (κ2) is 6.33. The normalized spacial score (nSPS) is 22.5. The molecule has 0 spiro atoms.